The normalized spacial score (nSPS) is 13.7. The molecule has 5 heteroatoms. The SMILES string of the molecule is COc1c(C(C)(C)C)ccc(C=CC(=O)C(C)C(=O)C(C)(C)C)c1O[Si](C)C. The van der Waals surface area contributed by atoms with Crippen molar-refractivity contribution >= 4 is 26.7 Å². The van der Waals surface area contributed by atoms with E-state index in [1.807, 2.05) is 32.9 Å². The van der Waals surface area contributed by atoms with E-state index in [-0.39, 0.29) is 17.0 Å². The summed E-state index contributed by atoms with van der Waals surface area (Å²) in [7, 11) is 0.595. The lowest BCUT2D eigenvalue weighted by atomic mass is 9.82. The zero-order valence-corrected chi connectivity index (χ0v) is 20.0. The van der Waals surface area contributed by atoms with Crippen LogP contribution in [0.25, 0.3) is 6.08 Å². The smallest absolute Gasteiger partial charge is 0.274 e. The summed E-state index contributed by atoms with van der Waals surface area (Å²) in [5.74, 6) is 0.420. The van der Waals surface area contributed by atoms with Gasteiger partial charge in [0.25, 0.3) is 9.04 Å². The van der Waals surface area contributed by atoms with Crippen LogP contribution in [0.1, 0.15) is 59.6 Å². The Kier molecular flexibility index (Phi) is 7.83. The maximum Gasteiger partial charge on any atom is 0.274 e. The van der Waals surface area contributed by atoms with Crippen molar-refractivity contribution in [3.05, 3.63) is 29.3 Å². The molecule has 4 nitrogen and oxygen atoms in total. The van der Waals surface area contributed by atoms with Gasteiger partial charge in [-0.05, 0) is 37.6 Å². The summed E-state index contributed by atoms with van der Waals surface area (Å²) in [6, 6.07) is 3.96. The molecule has 0 heterocycles. The molecule has 0 bridgehead atoms. The first kappa shape index (κ1) is 24.2. The number of hydrogen-bond donors (Lipinski definition) is 0. The minimum absolute atomic E-state index is 0.0631. The Morgan fingerprint density at radius 1 is 1.04 bits per heavy atom. The predicted molar refractivity (Wildman–Crippen MR) is 117 cm³/mol. The minimum Gasteiger partial charge on any atom is -0.540 e. The molecule has 1 aromatic carbocycles. The molecular formula is C23H35O4Si. The molecule has 28 heavy (non-hydrogen) atoms. The molecule has 155 valence electrons. The molecule has 0 spiro atoms. The van der Waals surface area contributed by atoms with E-state index in [0.717, 1.165) is 11.1 Å². The van der Waals surface area contributed by atoms with Gasteiger partial charge in [-0.25, -0.2) is 0 Å². The Hall–Kier alpha value is -1.88. The third-order valence-electron chi connectivity index (χ3n) is 4.45. The predicted octanol–water partition coefficient (Wildman–Crippen LogP) is 5.46. The van der Waals surface area contributed by atoms with Gasteiger partial charge in [0.1, 0.15) is 5.78 Å². The fourth-order valence-corrected chi connectivity index (χ4v) is 3.53. The van der Waals surface area contributed by atoms with Crippen molar-refractivity contribution in [2.75, 3.05) is 7.11 Å². The summed E-state index contributed by atoms with van der Waals surface area (Å²) < 4.78 is 11.8. The number of rotatable bonds is 7. The lowest BCUT2D eigenvalue weighted by molar-refractivity contribution is -0.135. The molecule has 0 saturated carbocycles. The molecule has 1 aromatic rings. The van der Waals surface area contributed by atoms with Gasteiger partial charge in [0.15, 0.2) is 17.3 Å². The standard InChI is InChI=1S/C23H35O4Si/c1-15(21(25)23(5,6)7)18(24)14-12-16-11-13-17(22(2,3)4)20(26-8)19(16)27-28(9)10/h11-15H,1-10H3. The van der Waals surface area contributed by atoms with Gasteiger partial charge in [-0.15, -0.1) is 0 Å². The van der Waals surface area contributed by atoms with Crippen LogP contribution >= 0.6 is 0 Å². The minimum atomic E-state index is -1.04. The first-order valence-corrected chi connectivity index (χ1v) is 12.1. The molecular weight excluding hydrogens is 368 g/mol. The van der Waals surface area contributed by atoms with Gasteiger partial charge < -0.3 is 9.16 Å². The Morgan fingerprint density at radius 2 is 1.61 bits per heavy atom. The van der Waals surface area contributed by atoms with E-state index in [1.165, 1.54) is 6.08 Å². The summed E-state index contributed by atoms with van der Waals surface area (Å²) in [4.78, 5) is 24.9. The summed E-state index contributed by atoms with van der Waals surface area (Å²) in [6.07, 6.45) is 3.20. The fourth-order valence-electron chi connectivity index (χ4n) is 2.91. The number of ketones is 2. The van der Waals surface area contributed by atoms with Crippen LogP contribution in [0, 0.1) is 11.3 Å². The monoisotopic (exact) mass is 403 g/mol. The highest BCUT2D eigenvalue weighted by molar-refractivity contribution is 6.49. The average Bonchev–Trinajstić information content (AvgIpc) is 2.56. The quantitative estimate of drug-likeness (QED) is 0.345. The molecule has 0 aliphatic carbocycles. The van der Waals surface area contributed by atoms with Crippen molar-refractivity contribution in [3.63, 3.8) is 0 Å². The van der Waals surface area contributed by atoms with Crippen LogP contribution in [0.4, 0.5) is 0 Å². The second-order valence-electron chi connectivity index (χ2n) is 9.40. The van der Waals surface area contributed by atoms with Gasteiger partial charge in [-0.3, -0.25) is 9.59 Å². The summed E-state index contributed by atoms with van der Waals surface area (Å²) in [6.45, 7) is 17.6. The van der Waals surface area contributed by atoms with Gasteiger partial charge in [-0.1, -0.05) is 53.7 Å². The average molecular weight is 404 g/mol. The number of hydrogen-bond acceptors (Lipinski definition) is 4. The van der Waals surface area contributed by atoms with E-state index < -0.39 is 20.4 Å². The zero-order valence-electron chi connectivity index (χ0n) is 19.0. The van der Waals surface area contributed by atoms with Crippen LogP contribution in [0.5, 0.6) is 11.5 Å². The summed E-state index contributed by atoms with van der Waals surface area (Å²) >= 11 is 0. The third kappa shape index (κ3) is 6.06. The van der Waals surface area contributed by atoms with Crippen molar-refractivity contribution in [1.29, 1.82) is 0 Å². The second kappa shape index (κ2) is 9.08. The molecule has 1 atom stereocenters. The van der Waals surface area contributed by atoms with Gasteiger partial charge in [-0.2, -0.15) is 0 Å². The van der Waals surface area contributed by atoms with Gasteiger partial charge in [0.2, 0.25) is 0 Å². The van der Waals surface area contributed by atoms with Crippen molar-refractivity contribution in [3.8, 4) is 11.5 Å². The Morgan fingerprint density at radius 3 is 2.04 bits per heavy atom. The fraction of sp³-hybridized carbons (Fsp3) is 0.565. The number of allylic oxidation sites excluding steroid dienone is 1. The highest BCUT2D eigenvalue weighted by Crippen LogP contribution is 2.41. The first-order valence-electron chi connectivity index (χ1n) is 9.65. The number of benzene rings is 1. The molecule has 0 N–H and O–H groups in total. The number of ether oxygens (including phenoxy) is 1. The van der Waals surface area contributed by atoms with Gasteiger partial charge >= 0.3 is 0 Å². The molecule has 0 amide bonds. The van der Waals surface area contributed by atoms with E-state index in [9.17, 15) is 9.59 Å². The van der Waals surface area contributed by atoms with E-state index >= 15 is 0 Å². The molecule has 0 fully saturated rings. The molecule has 0 aliphatic heterocycles. The molecule has 0 aliphatic rings. The largest absolute Gasteiger partial charge is 0.540 e. The number of Topliss-reactive ketones (excluding diaryl/α,β-unsaturated/α-hetero) is 1. The maximum absolute atomic E-state index is 12.5. The Labute approximate surface area is 172 Å². The van der Waals surface area contributed by atoms with Crippen molar-refractivity contribution in [1.82, 2.24) is 0 Å². The van der Waals surface area contributed by atoms with Crippen molar-refractivity contribution in [2.24, 2.45) is 11.3 Å². The van der Waals surface area contributed by atoms with Crippen LogP contribution in [0.15, 0.2) is 18.2 Å². The van der Waals surface area contributed by atoms with Gasteiger partial charge in [0.05, 0.1) is 13.0 Å². The lowest BCUT2D eigenvalue weighted by Gasteiger charge is -2.25. The number of carbonyl (C=O) groups is 2. The zero-order chi connectivity index (χ0) is 21.9. The van der Waals surface area contributed by atoms with Crippen molar-refractivity contribution in [2.45, 2.75) is 67.0 Å². The van der Waals surface area contributed by atoms with E-state index in [0.29, 0.717) is 11.5 Å². The van der Waals surface area contributed by atoms with Crippen LogP contribution in [0.2, 0.25) is 13.1 Å². The van der Waals surface area contributed by atoms with E-state index in [4.69, 9.17) is 9.16 Å². The molecule has 0 saturated heterocycles. The number of carbonyl (C=O) groups excluding carboxylic acids is 2. The van der Waals surface area contributed by atoms with E-state index in [1.54, 1.807) is 20.1 Å². The Bertz CT molecular complexity index is 749. The topological polar surface area (TPSA) is 52.6 Å². The first-order chi connectivity index (χ1) is 12.7. The highest BCUT2D eigenvalue weighted by Gasteiger charge is 2.30. The highest BCUT2D eigenvalue weighted by atomic mass is 28.3. The molecule has 0 aromatic heterocycles. The van der Waals surface area contributed by atoms with Crippen LogP contribution in [0.3, 0.4) is 0 Å². The summed E-state index contributed by atoms with van der Waals surface area (Å²) in [5.41, 5.74) is 1.17. The van der Waals surface area contributed by atoms with Crippen LogP contribution < -0.4 is 9.16 Å². The van der Waals surface area contributed by atoms with Crippen LogP contribution in [-0.4, -0.2) is 27.7 Å². The lowest BCUT2D eigenvalue weighted by Crippen LogP contribution is -2.30. The summed E-state index contributed by atoms with van der Waals surface area (Å²) in [5, 5.41) is 0. The second-order valence-corrected chi connectivity index (χ2v) is 11.4. The maximum atomic E-state index is 12.5. The van der Waals surface area contributed by atoms with E-state index in [2.05, 4.69) is 33.9 Å². The van der Waals surface area contributed by atoms with Crippen LogP contribution in [-0.2, 0) is 15.0 Å². The Balaban J connectivity index is 3.35. The van der Waals surface area contributed by atoms with Gasteiger partial charge in [0, 0.05) is 16.5 Å². The molecule has 1 rings (SSSR count). The van der Waals surface area contributed by atoms with Crippen molar-refractivity contribution < 1.29 is 18.8 Å². The molecule has 1 unspecified atom stereocenters. The number of methoxy groups -OCH3 is 1. The third-order valence-corrected chi connectivity index (χ3v) is 5.06. The molecule has 1 radical (unpaired) electrons.